The summed E-state index contributed by atoms with van der Waals surface area (Å²) >= 11 is 0. The lowest BCUT2D eigenvalue weighted by molar-refractivity contribution is -0.131. The summed E-state index contributed by atoms with van der Waals surface area (Å²) in [6.07, 6.45) is 1.09. The number of hydrogen-bond acceptors (Lipinski definition) is 3. The molecule has 1 aromatic carbocycles. The van der Waals surface area contributed by atoms with Crippen LogP contribution in [0.25, 0.3) is 0 Å². The van der Waals surface area contributed by atoms with Crippen molar-refractivity contribution in [2.24, 2.45) is 5.92 Å². The number of benzene rings is 1. The van der Waals surface area contributed by atoms with E-state index in [2.05, 4.69) is 6.58 Å². The maximum absolute atomic E-state index is 10.8. The van der Waals surface area contributed by atoms with Crippen LogP contribution in [-0.4, -0.2) is 12.6 Å². The highest BCUT2D eigenvalue weighted by molar-refractivity contribution is 5.69. The van der Waals surface area contributed by atoms with E-state index in [4.69, 9.17) is 9.47 Å². The molecule has 0 amide bonds. The van der Waals surface area contributed by atoms with Crippen molar-refractivity contribution in [1.29, 1.82) is 0 Å². The quantitative estimate of drug-likeness (QED) is 0.454. The first-order valence-corrected chi connectivity index (χ1v) is 6.21. The van der Waals surface area contributed by atoms with Gasteiger partial charge in [-0.25, -0.2) is 0 Å². The number of ether oxygens (including phenoxy) is 2. The molecule has 0 spiro atoms. The molecule has 1 aromatic rings. The lowest BCUT2D eigenvalue weighted by Gasteiger charge is -2.06. The number of rotatable bonds is 5. The summed E-state index contributed by atoms with van der Waals surface area (Å²) in [5, 5.41) is 0. The van der Waals surface area contributed by atoms with Gasteiger partial charge in [0.15, 0.2) is 0 Å². The second-order valence-corrected chi connectivity index (χ2v) is 4.51. The van der Waals surface area contributed by atoms with E-state index in [1.165, 1.54) is 12.5 Å². The fourth-order valence-corrected chi connectivity index (χ4v) is 2.16. The van der Waals surface area contributed by atoms with Gasteiger partial charge in [-0.05, 0) is 37.0 Å². The van der Waals surface area contributed by atoms with Crippen molar-refractivity contribution < 1.29 is 14.3 Å². The van der Waals surface area contributed by atoms with Crippen LogP contribution in [0.1, 0.15) is 31.7 Å². The molecule has 0 aromatic heterocycles. The van der Waals surface area contributed by atoms with Crippen LogP contribution in [0.15, 0.2) is 36.6 Å². The Kier molecular flexibility index (Phi) is 3.70. The largest absolute Gasteiger partial charge is 0.499 e. The average Bonchev–Trinajstić information content (AvgIpc) is 3.09. The molecule has 0 bridgehead atoms. The van der Waals surface area contributed by atoms with Gasteiger partial charge in [-0.3, -0.25) is 4.79 Å². The maximum Gasteiger partial charge on any atom is 0.308 e. The van der Waals surface area contributed by atoms with Crippen molar-refractivity contribution in [3.63, 3.8) is 0 Å². The summed E-state index contributed by atoms with van der Waals surface area (Å²) in [6.45, 7) is 7.99. The molecule has 96 valence electrons. The van der Waals surface area contributed by atoms with E-state index < -0.39 is 0 Å². The Labute approximate surface area is 107 Å². The zero-order valence-electron chi connectivity index (χ0n) is 10.8. The highest BCUT2D eigenvalue weighted by Crippen LogP contribution is 2.51. The summed E-state index contributed by atoms with van der Waals surface area (Å²) in [5.41, 5.74) is 1.25. The summed E-state index contributed by atoms with van der Waals surface area (Å²) in [5.74, 6) is 2.11. The third kappa shape index (κ3) is 2.92. The summed E-state index contributed by atoms with van der Waals surface area (Å²) in [6, 6.07) is 7.66. The first-order valence-electron chi connectivity index (χ1n) is 6.21. The molecule has 1 unspecified atom stereocenters. The molecule has 0 N–H and O–H groups in total. The molecule has 1 fully saturated rings. The maximum atomic E-state index is 10.8. The van der Waals surface area contributed by atoms with E-state index in [1.54, 1.807) is 0 Å². The second-order valence-electron chi connectivity index (χ2n) is 4.51. The van der Waals surface area contributed by atoms with Crippen LogP contribution in [-0.2, 0) is 9.53 Å². The third-order valence-electron chi connectivity index (χ3n) is 3.10. The van der Waals surface area contributed by atoms with E-state index in [-0.39, 0.29) is 5.97 Å². The molecule has 18 heavy (non-hydrogen) atoms. The molecule has 1 saturated carbocycles. The number of esters is 1. The smallest absolute Gasteiger partial charge is 0.308 e. The molecule has 2 rings (SSSR count). The van der Waals surface area contributed by atoms with Crippen LogP contribution in [0.4, 0.5) is 0 Å². The summed E-state index contributed by atoms with van der Waals surface area (Å²) in [4.78, 5) is 10.8. The van der Waals surface area contributed by atoms with Crippen LogP contribution in [0, 0.1) is 5.92 Å². The highest BCUT2D eigenvalue weighted by Gasteiger charge is 2.41. The molecule has 1 aliphatic rings. The normalized spacial score (nSPS) is 21.2. The van der Waals surface area contributed by atoms with E-state index in [0.29, 0.717) is 24.2 Å². The lowest BCUT2D eigenvalue weighted by atomic mass is 10.1. The predicted molar refractivity (Wildman–Crippen MR) is 69.4 cm³/mol. The van der Waals surface area contributed by atoms with Crippen LogP contribution in [0.3, 0.4) is 0 Å². The molecular weight excluding hydrogens is 228 g/mol. The topological polar surface area (TPSA) is 35.5 Å². The third-order valence-corrected chi connectivity index (χ3v) is 3.10. The Hall–Kier alpha value is -1.77. The van der Waals surface area contributed by atoms with Crippen molar-refractivity contribution in [3.05, 3.63) is 42.2 Å². The molecule has 0 heterocycles. The van der Waals surface area contributed by atoms with Crippen molar-refractivity contribution in [1.82, 2.24) is 0 Å². The molecule has 0 aliphatic heterocycles. The molecule has 0 saturated heterocycles. The van der Waals surface area contributed by atoms with E-state index in [0.717, 1.165) is 12.2 Å². The zero-order valence-corrected chi connectivity index (χ0v) is 10.8. The van der Waals surface area contributed by atoms with E-state index in [9.17, 15) is 4.79 Å². The zero-order chi connectivity index (χ0) is 13.1. The Morgan fingerprint density at radius 2 is 2.06 bits per heavy atom. The van der Waals surface area contributed by atoms with Crippen molar-refractivity contribution in [2.75, 3.05) is 6.61 Å². The van der Waals surface area contributed by atoms with Crippen molar-refractivity contribution in [3.8, 4) is 5.75 Å². The molecule has 2 atom stereocenters. The minimum atomic E-state index is -0.295. The van der Waals surface area contributed by atoms with Crippen LogP contribution >= 0.6 is 0 Å². The Bertz CT molecular complexity index is 447. The van der Waals surface area contributed by atoms with Crippen LogP contribution in [0.2, 0.25) is 0 Å². The van der Waals surface area contributed by atoms with Gasteiger partial charge in [-0.2, -0.15) is 0 Å². The first kappa shape index (κ1) is 12.7. The van der Waals surface area contributed by atoms with E-state index >= 15 is 0 Å². The first-order chi connectivity index (χ1) is 8.61. The van der Waals surface area contributed by atoms with Crippen molar-refractivity contribution in [2.45, 2.75) is 26.2 Å². The van der Waals surface area contributed by atoms with Crippen molar-refractivity contribution >= 4 is 5.97 Å². The van der Waals surface area contributed by atoms with Gasteiger partial charge < -0.3 is 9.47 Å². The number of carbonyl (C=O) groups excluding carboxylic acids is 1. The Balaban J connectivity index is 1.96. The number of allylic oxidation sites excluding steroid dienone is 1. The molecule has 0 radical (unpaired) electrons. The van der Waals surface area contributed by atoms with E-state index in [1.807, 2.05) is 31.2 Å². The van der Waals surface area contributed by atoms with Gasteiger partial charge in [0.05, 0.1) is 12.4 Å². The van der Waals surface area contributed by atoms with Crippen LogP contribution < -0.4 is 4.74 Å². The Morgan fingerprint density at radius 3 is 2.61 bits per heavy atom. The number of hydrogen-bond donors (Lipinski definition) is 0. The standard InChI is InChI=1S/C15H18O3/c1-4-17-10(2)14-9-15(14)12-5-7-13(8-6-12)18-11(3)16/h5-8,14-15H,2,4,9H2,1,3H3/t14?,15-/m1/s1. The number of carbonyl (C=O) groups is 1. The molecule has 3 heteroatoms. The summed E-state index contributed by atoms with van der Waals surface area (Å²) < 4.78 is 10.4. The second kappa shape index (κ2) is 5.25. The predicted octanol–water partition coefficient (Wildman–Crippen LogP) is 3.27. The van der Waals surface area contributed by atoms with Gasteiger partial charge in [-0.1, -0.05) is 18.7 Å². The fourth-order valence-electron chi connectivity index (χ4n) is 2.16. The molecule has 3 nitrogen and oxygen atoms in total. The monoisotopic (exact) mass is 246 g/mol. The lowest BCUT2D eigenvalue weighted by Crippen LogP contribution is -2.01. The fraction of sp³-hybridized carbons (Fsp3) is 0.400. The van der Waals surface area contributed by atoms with Gasteiger partial charge in [0.2, 0.25) is 0 Å². The van der Waals surface area contributed by atoms with Gasteiger partial charge >= 0.3 is 5.97 Å². The van der Waals surface area contributed by atoms with Gasteiger partial charge in [0.25, 0.3) is 0 Å². The minimum Gasteiger partial charge on any atom is -0.499 e. The average molecular weight is 246 g/mol. The highest BCUT2D eigenvalue weighted by atomic mass is 16.5. The van der Waals surface area contributed by atoms with Gasteiger partial charge in [0, 0.05) is 12.8 Å². The summed E-state index contributed by atoms with van der Waals surface area (Å²) in [7, 11) is 0. The molecular formula is C15H18O3. The van der Waals surface area contributed by atoms with Gasteiger partial charge in [-0.15, -0.1) is 0 Å². The van der Waals surface area contributed by atoms with Crippen LogP contribution in [0.5, 0.6) is 5.75 Å². The molecule has 1 aliphatic carbocycles. The van der Waals surface area contributed by atoms with Gasteiger partial charge in [0.1, 0.15) is 5.75 Å². The SMILES string of the molecule is C=C(OCC)C1C[C@@H]1c1ccc(OC(C)=O)cc1. The Morgan fingerprint density at radius 1 is 1.39 bits per heavy atom. The minimum absolute atomic E-state index is 0.295.